The fourth-order valence-electron chi connectivity index (χ4n) is 1.55. The molecule has 2 aliphatic heterocycles. The third-order valence-electron chi connectivity index (χ3n) is 2.22. The fraction of sp³-hybridized carbons (Fsp3) is 0.750. The van der Waals surface area contributed by atoms with E-state index >= 15 is 0 Å². The summed E-state index contributed by atoms with van der Waals surface area (Å²) in [4.78, 5) is 17.4. The largest absolute Gasteiger partial charge is 0.356 e. The van der Waals surface area contributed by atoms with Gasteiger partial charge in [-0.2, -0.15) is 0 Å². The summed E-state index contributed by atoms with van der Waals surface area (Å²) >= 11 is 0. The van der Waals surface area contributed by atoms with Gasteiger partial charge in [0.1, 0.15) is 0 Å². The van der Waals surface area contributed by atoms with Crippen LogP contribution in [-0.4, -0.2) is 49.5 Å². The lowest BCUT2D eigenvalue weighted by atomic mass is 10.3. The molecule has 0 saturated carbocycles. The molecule has 5 nitrogen and oxygen atoms in total. The first-order valence-electron chi connectivity index (χ1n) is 4.66. The van der Waals surface area contributed by atoms with E-state index in [9.17, 15) is 4.79 Å². The van der Waals surface area contributed by atoms with Crippen molar-refractivity contribution in [1.29, 1.82) is 0 Å². The van der Waals surface area contributed by atoms with Gasteiger partial charge in [0, 0.05) is 26.2 Å². The molecule has 5 heteroatoms. The average Bonchev–Trinajstić information content (AvgIpc) is 2.19. The van der Waals surface area contributed by atoms with Crippen LogP contribution in [0.5, 0.6) is 0 Å². The van der Waals surface area contributed by atoms with E-state index in [1.165, 1.54) is 0 Å². The van der Waals surface area contributed by atoms with Crippen LogP contribution in [0.1, 0.15) is 6.42 Å². The van der Waals surface area contributed by atoms with Crippen molar-refractivity contribution in [2.45, 2.75) is 6.42 Å². The lowest BCUT2D eigenvalue weighted by Crippen LogP contribution is -2.54. The molecule has 2 aliphatic rings. The van der Waals surface area contributed by atoms with Crippen LogP contribution in [0, 0.1) is 0 Å². The molecule has 0 bridgehead atoms. The molecule has 2 N–H and O–H groups in total. The molecule has 72 valence electrons. The molecule has 0 atom stereocenters. The van der Waals surface area contributed by atoms with Crippen LogP contribution in [0.3, 0.4) is 0 Å². The number of hydrogen-bond donors (Lipinski definition) is 2. The monoisotopic (exact) mass is 182 g/mol. The van der Waals surface area contributed by atoms with E-state index in [0.717, 1.165) is 38.6 Å². The van der Waals surface area contributed by atoms with Crippen molar-refractivity contribution >= 4 is 11.9 Å². The lowest BCUT2D eigenvalue weighted by molar-refractivity contribution is -0.122. The summed E-state index contributed by atoms with van der Waals surface area (Å²) in [5, 5.41) is 5.99. The molecule has 0 unspecified atom stereocenters. The predicted octanol–water partition coefficient (Wildman–Crippen LogP) is -1.23. The van der Waals surface area contributed by atoms with Crippen molar-refractivity contribution < 1.29 is 4.79 Å². The van der Waals surface area contributed by atoms with Crippen molar-refractivity contribution in [2.24, 2.45) is 4.99 Å². The topological polar surface area (TPSA) is 56.7 Å². The standard InChI is InChI=1S/C8H14N4O/c13-7-6-12(5-4-9-7)8-10-2-1-3-11-8/h1-6H2,(H,9,13)(H,10,11). The Hall–Kier alpha value is -1.26. The van der Waals surface area contributed by atoms with Crippen LogP contribution >= 0.6 is 0 Å². The van der Waals surface area contributed by atoms with Crippen molar-refractivity contribution in [3.05, 3.63) is 0 Å². The summed E-state index contributed by atoms with van der Waals surface area (Å²) in [6.07, 6.45) is 1.09. The number of amides is 1. The third-order valence-corrected chi connectivity index (χ3v) is 2.22. The van der Waals surface area contributed by atoms with E-state index in [1.807, 2.05) is 4.90 Å². The van der Waals surface area contributed by atoms with Gasteiger partial charge in [-0.3, -0.25) is 9.79 Å². The normalized spacial score (nSPS) is 23.2. The van der Waals surface area contributed by atoms with Crippen molar-refractivity contribution in [3.8, 4) is 0 Å². The van der Waals surface area contributed by atoms with Crippen molar-refractivity contribution in [3.63, 3.8) is 0 Å². The highest BCUT2D eigenvalue weighted by atomic mass is 16.2. The molecular weight excluding hydrogens is 168 g/mol. The zero-order valence-electron chi connectivity index (χ0n) is 7.55. The van der Waals surface area contributed by atoms with Gasteiger partial charge in [0.15, 0.2) is 5.96 Å². The van der Waals surface area contributed by atoms with Gasteiger partial charge in [0.25, 0.3) is 0 Å². The maximum atomic E-state index is 11.1. The lowest BCUT2D eigenvalue weighted by Gasteiger charge is -2.31. The van der Waals surface area contributed by atoms with Gasteiger partial charge in [-0.25, -0.2) is 0 Å². The Morgan fingerprint density at radius 3 is 2.92 bits per heavy atom. The SMILES string of the molecule is O=C1CN(C2=NCCCN2)CCN1. The smallest absolute Gasteiger partial charge is 0.239 e. The Balaban J connectivity index is 1.98. The van der Waals surface area contributed by atoms with Gasteiger partial charge in [-0.05, 0) is 6.42 Å². The molecular formula is C8H14N4O. The molecule has 1 amide bonds. The van der Waals surface area contributed by atoms with Crippen molar-refractivity contribution in [2.75, 3.05) is 32.7 Å². The summed E-state index contributed by atoms with van der Waals surface area (Å²) in [5.74, 6) is 0.974. The second kappa shape index (κ2) is 3.64. The van der Waals surface area contributed by atoms with Crippen LogP contribution in [0.15, 0.2) is 4.99 Å². The highest BCUT2D eigenvalue weighted by Gasteiger charge is 2.20. The third kappa shape index (κ3) is 1.91. The maximum absolute atomic E-state index is 11.1. The number of hydrogen-bond acceptors (Lipinski definition) is 4. The van der Waals surface area contributed by atoms with Crippen molar-refractivity contribution in [1.82, 2.24) is 15.5 Å². The zero-order valence-corrected chi connectivity index (χ0v) is 7.55. The number of carbonyl (C=O) groups is 1. The van der Waals surface area contributed by atoms with E-state index in [4.69, 9.17) is 0 Å². The number of aliphatic imine (C=N–C) groups is 1. The zero-order chi connectivity index (χ0) is 9.10. The van der Waals surface area contributed by atoms with Crippen LogP contribution < -0.4 is 10.6 Å². The molecule has 1 fully saturated rings. The number of nitrogens with one attached hydrogen (secondary N) is 2. The first kappa shape index (κ1) is 8.34. The minimum atomic E-state index is 0.0846. The summed E-state index contributed by atoms with van der Waals surface area (Å²) in [6.45, 7) is 3.86. The summed E-state index contributed by atoms with van der Waals surface area (Å²) in [6, 6.07) is 0. The van der Waals surface area contributed by atoms with Gasteiger partial charge in [-0.15, -0.1) is 0 Å². The maximum Gasteiger partial charge on any atom is 0.239 e. The molecule has 0 spiro atoms. The molecule has 0 aliphatic carbocycles. The Bertz CT molecular complexity index is 238. The Morgan fingerprint density at radius 2 is 2.23 bits per heavy atom. The Morgan fingerprint density at radius 1 is 1.31 bits per heavy atom. The number of carbonyl (C=O) groups excluding carboxylic acids is 1. The first-order valence-corrected chi connectivity index (χ1v) is 4.66. The Kier molecular flexibility index (Phi) is 2.33. The quantitative estimate of drug-likeness (QED) is 0.493. The molecule has 2 heterocycles. The molecule has 0 radical (unpaired) electrons. The molecule has 0 aromatic carbocycles. The minimum absolute atomic E-state index is 0.0846. The van der Waals surface area contributed by atoms with Gasteiger partial charge < -0.3 is 15.5 Å². The molecule has 0 aromatic heterocycles. The van der Waals surface area contributed by atoms with Crippen LogP contribution in [0.4, 0.5) is 0 Å². The average molecular weight is 182 g/mol. The summed E-state index contributed by atoms with van der Waals surface area (Å²) < 4.78 is 0. The predicted molar refractivity (Wildman–Crippen MR) is 49.5 cm³/mol. The van der Waals surface area contributed by atoms with E-state index in [0.29, 0.717) is 6.54 Å². The minimum Gasteiger partial charge on any atom is -0.356 e. The first-order chi connectivity index (χ1) is 6.36. The van der Waals surface area contributed by atoms with E-state index in [1.54, 1.807) is 0 Å². The van der Waals surface area contributed by atoms with Crippen LogP contribution in [0.2, 0.25) is 0 Å². The highest BCUT2D eigenvalue weighted by Crippen LogP contribution is 1.98. The molecule has 2 rings (SSSR count). The highest BCUT2D eigenvalue weighted by molar-refractivity contribution is 5.87. The van der Waals surface area contributed by atoms with Gasteiger partial charge >= 0.3 is 0 Å². The van der Waals surface area contributed by atoms with E-state index < -0.39 is 0 Å². The number of piperazine rings is 1. The number of guanidine groups is 1. The van der Waals surface area contributed by atoms with E-state index in [2.05, 4.69) is 15.6 Å². The number of nitrogens with zero attached hydrogens (tertiary/aromatic N) is 2. The molecule has 0 aromatic rings. The Labute approximate surface area is 77.2 Å². The summed E-state index contributed by atoms with van der Waals surface area (Å²) in [7, 11) is 0. The van der Waals surface area contributed by atoms with E-state index in [-0.39, 0.29) is 5.91 Å². The molecule has 1 saturated heterocycles. The van der Waals surface area contributed by atoms with Gasteiger partial charge in [0.05, 0.1) is 6.54 Å². The molecule has 13 heavy (non-hydrogen) atoms. The second-order valence-corrected chi connectivity index (χ2v) is 3.26. The van der Waals surface area contributed by atoms with Gasteiger partial charge in [-0.1, -0.05) is 0 Å². The second-order valence-electron chi connectivity index (χ2n) is 3.26. The summed E-state index contributed by atoms with van der Waals surface area (Å²) in [5.41, 5.74) is 0. The van der Waals surface area contributed by atoms with Crippen LogP contribution in [0.25, 0.3) is 0 Å². The van der Waals surface area contributed by atoms with Gasteiger partial charge in [0.2, 0.25) is 5.91 Å². The fourth-order valence-corrected chi connectivity index (χ4v) is 1.55. The number of rotatable bonds is 0. The van der Waals surface area contributed by atoms with Crippen LogP contribution in [-0.2, 0) is 4.79 Å².